The molecule has 2 nitrogen and oxygen atoms in total. The standard InChI is InChI=1S/C14H29NO/c1-11(2)9-15-10-14(12(3)4)16-8-7-13-5-6-13/h11-15H,5-10H2,1-4H3. The first-order chi connectivity index (χ1) is 7.59. The lowest BCUT2D eigenvalue weighted by Gasteiger charge is -2.22. The van der Waals surface area contributed by atoms with Crippen molar-refractivity contribution in [3.63, 3.8) is 0 Å². The van der Waals surface area contributed by atoms with Crippen molar-refractivity contribution in [2.75, 3.05) is 19.7 Å². The van der Waals surface area contributed by atoms with E-state index in [1.54, 1.807) is 0 Å². The number of rotatable bonds is 9. The molecule has 0 amide bonds. The molecule has 16 heavy (non-hydrogen) atoms. The zero-order valence-corrected chi connectivity index (χ0v) is 11.5. The van der Waals surface area contributed by atoms with Gasteiger partial charge in [-0.25, -0.2) is 0 Å². The van der Waals surface area contributed by atoms with Crippen molar-refractivity contribution < 1.29 is 4.74 Å². The van der Waals surface area contributed by atoms with Crippen LogP contribution in [0.25, 0.3) is 0 Å². The second kappa shape index (κ2) is 7.29. The summed E-state index contributed by atoms with van der Waals surface area (Å²) in [5.41, 5.74) is 0. The van der Waals surface area contributed by atoms with Crippen molar-refractivity contribution in [1.82, 2.24) is 5.32 Å². The fraction of sp³-hybridized carbons (Fsp3) is 1.00. The van der Waals surface area contributed by atoms with Crippen LogP contribution in [0.4, 0.5) is 0 Å². The van der Waals surface area contributed by atoms with Crippen molar-refractivity contribution in [2.45, 2.75) is 53.1 Å². The fourth-order valence-electron chi connectivity index (χ4n) is 1.79. The first-order valence-electron chi connectivity index (χ1n) is 6.92. The third-order valence-electron chi connectivity index (χ3n) is 3.20. The number of nitrogens with one attached hydrogen (secondary N) is 1. The lowest BCUT2D eigenvalue weighted by Crippen LogP contribution is -2.35. The molecule has 0 radical (unpaired) electrons. The molecule has 1 saturated carbocycles. The SMILES string of the molecule is CC(C)CNCC(OCCC1CC1)C(C)C. The Kier molecular flexibility index (Phi) is 6.37. The molecule has 0 aromatic heterocycles. The molecule has 0 spiro atoms. The van der Waals surface area contributed by atoms with Gasteiger partial charge in [0.2, 0.25) is 0 Å². The highest BCUT2D eigenvalue weighted by Crippen LogP contribution is 2.32. The summed E-state index contributed by atoms with van der Waals surface area (Å²) in [5, 5.41) is 3.50. The Morgan fingerprint density at radius 1 is 1.12 bits per heavy atom. The van der Waals surface area contributed by atoms with Gasteiger partial charge in [0.15, 0.2) is 0 Å². The van der Waals surface area contributed by atoms with Crippen LogP contribution in [0, 0.1) is 17.8 Å². The lowest BCUT2D eigenvalue weighted by molar-refractivity contribution is 0.0195. The van der Waals surface area contributed by atoms with Gasteiger partial charge in [0.05, 0.1) is 6.10 Å². The largest absolute Gasteiger partial charge is 0.377 e. The van der Waals surface area contributed by atoms with E-state index in [4.69, 9.17) is 4.74 Å². The molecule has 0 heterocycles. The first-order valence-corrected chi connectivity index (χ1v) is 6.92. The molecule has 0 aromatic rings. The highest BCUT2D eigenvalue weighted by molar-refractivity contribution is 4.73. The molecule has 1 aliphatic rings. The van der Waals surface area contributed by atoms with Crippen LogP contribution in [0.15, 0.2) is 0 Å². The van der Waals surface area contributed by atoms with Crippen LogP contribution in [-0.2, 0) is 4.74 Å². The van der Waals surface area contributed by atoms with Crippen LogP contribution in [0.5, 0.6) is 0 Å². The molecule has 1 aliphatic carbocycles. The average molecular weight is 227 g/mol. The Morgan fingerprint density at radius 2 is 1.81 bits per heavy atom. The second-order valence-corrected chi connectivity index (χ2v) is 5.94. The molecule has 0 bridgehead atoms. The van der Waals surface area contributed by atoms with Crippen molar-refractivity contribution in [3.8, 4) is 0 Å². The Bertz CT molecular complexity index is 168. The van der Waals surface area contributed by atoms with Gasteiger partial charge in [-0.2, -0.15) is 0 Å². The van der Waals surface area contributed by atoms with Gasteiger partial charge in [-0.15, -0.1) is 0 Å². The Hall–Kier alpha value is -0.0800. The van der Waals surface area contributed by atoms with Crippen molar-refractivity contribution in [2.24, 2.45) is 17.8 Å². The molecular weight excluding hydrogens is 198 g/mol. The van der Waals surface area contributed by atoms with E-state index < -0.39 is 0 Å². The van der Waals surface area contributed by atoms with Crippen molar-refractivity contribution >= 4 is 0 Å². The maximum Gasteiger partial charge on any atom is 0.0722 e. The quantitative estimate of drug-likeness (QED) is 0.653. The van der Waals surface area contributed by atoms with Gasteiger partial charge in [0, 0.05) is 13.2 Å². The van der Waals surface area contributed by atoms with Gasteiger partial charge in [-0.05, 0) is 30.7 Å². The van der Waals surface area contributed by atoms with Crippen molar-refractivity contribution in [1.29, 1.82) is 0 Å². The Labute approximate surface area is 101 Å². The molecule has 0 aromatic carbocycles. The van der Waals surface area contributed by atoms with Crippen LogP contribution in [0.2, 0.25) is 0 Å². The summed E-state index contributed by atoms with van der Waals surface area (Å²) < 4.78 is 5.97. The van der Waals surface area contributed by atoms with Crippen LogP contribution in [0.3, 0.4) is 0 Å². The number of hydrogen-bond donors (Lipinski definition) is 1. The summed E-state index contributed by atoms with van der Waals surface area (Å²) in [6.07, 6.45) is 4.52. The Balaban J connectivity index is 2.07. The monoisotopic (exact) mass is 227 g/mol. The van der Waals surface area contributed by atoms with E-state index in [9.17, 15) is 0 Å². The predicted molar refractivity (Wildman–Crippen MR) is 69.6 cm³/mol. The van der Waals surface area contributed by atoms with Gasteiger partial charge in [0.25, 0.3) is 0 Å². The molecule has 1 fully saturated rings. The van der Waals surface area contributed by atoms with Gasteiger partial charge in [-0.3, -0.25) is 0 Å². The third kappa shape index (κ3) is 6.49. The molecule has 1 atom stereocenters. The fourth-order valence-corrected chi connectivity index (χ4v) is 1.79. The van der Waals surface area contributed by atoms with Crippen LogP contribution in [-0.4, -0.2) is 25.8 Å². The summed E-state index contributed by atoms with van der Waals surface area (Å²) in [5.74, 6) is 2.31. The molecule has 1 rings (SSSR count). The topological polar surface area (TPSA) is 21.3 Å². The van der Waals surface area contributed by atoms with E-state index in [1.807, 2.05) is 0 Å². The minimum Gasteiger partial charge on any atom is -0.377 e. The lowest BCUT2D eigenvalue weighted by atomic mass is 10.1. The van der Waals surface area contributed by atoms with Gasteiger partial charge in [-0.1, -0.05) is 40.5 Å². The summed E-state index contributed by atoms with van der Waals surface area (Å²) in [6, 6.07) is 0. The first kappa shape index (κ1) is 14.0. The second-order valence-electron chi connectivity index (χ2n) is 5.94. The molecule has 0 aliphatic heterocycles. The van der Waals surface area contributed by atoms with Crippen molar-refractivity contribution in [3.05, 3.63) is 0 Å². The van der Waals surface area contributed by atoms with Crippen LogP contribution in [0.1, 0.15) is 47.0 Å². The normalized spacial score (nSPS) is 18.4. The minimum atomic E-state index is 0.387. The summed E-state index contributed by atoms with van der Waals surface area (Å²) in [7, 11) is 0. The zero-order chi connectivity index (χ0) is 12.0. The predicted octanol–water partition coefficient (Wildman–Crippen LogP) is 3.07. The smallest absolute Gasteiger partial charge is 0.0722 e. The highest BCUT2D eigenvalue weighted by atomic mass is 16.5. The molecule has 0 saturated heterocycles. The van der Waals surface area contributed by atoms with E-state index in [-0.39, 0.29) is 0 Å². The number of hydrogen-bond acceptors (Lipinski definition) is 2. The van der Waals surface area contributed by atoms with Crippen LogP contribution >= 0.6 is 0 Å². The van der Waals surface area contributed by atoms with Gasteiger partial charge < -0.3 is 10.1 Å². The summed E-state index contributed by atoms with van der Waals surface area (Å²) >= 11 is 0. The van der Waals surface area contributed by atoms with Gasteiger partial charge >= 0.3 is 0 Å². The maximum atomic E-state index is 5.97. The summed E-state index contributed by atoms with van der Waals surface area (Å²) in [6.45, 7) is 12.0. The van der Waals surface area contributed by atoms with Crippen LogP contribution < -0.4 is 5.32 Å². The average Bonchev–Trinajstić information content (AvgIpc) is 2.98. The molecule has 2 heteroatoms. The van der Waals surface area contributed by atoms with E-state index in [0.717, 1.165) is 31.5 Å². The van der Waals surface area contributed by atoms with E-state index in [2.05, 4.69) is 33.0 Å². The van der Waals surface area contributed by atoms with E-state index >= 15 is 0 Å². The molecule has 96 valence electrons. The molecular formula is C14H29NO. The molecule has 1 N–H and O–H groups in total. The zero-order valence-electron chi connectivity index (χ0n) is 11.5. The summed E-state index contributed by atoms with van der Waals surface area (Å²) in [4.78, 5) is 0. The third-order valence-corrected chi connectivity index (χ3v) is 3.20. The molecule has 1 unspecified atom stereocenters. The Morgan fingerprint density at radius 3 is 2.31 bits per heavy atom. The maximum absolute atomic E-state index is 5.97. The number of ether oxygens (including phenoxy) is 1. The highest BCUT2D eigenvalue weighted by Gasteiger charge is 2.21. The van der Waals surface area contributed by atoms with Gasteiger partial charge in [0.1, 0.15) is 0 Å². The van der Waals surface area contributed by atoms with E-state index in [0.29, 0.717) is 12.0 Å². The van der Waals surface area contributed by atoms with E-state index in [1.165, 1.54) is 19.3 Å². The minimum absolute atomic E-state index is 0.387.